The highest BCUT2D eigenvalue weighted by Gasteiger charge is 2.14. The van der Waals surface area contributed by atoms with Gasteiger partial charge in [-0.15, -0.1) is 10.2 Å². The first kappa shape index (κ1) is 54.0. The van der Waals surface area contributed by atoms with E-state index < -0.39 is 26.0 Å². The Hall–Kier alpha value is -8.30. The molecule has 390 valence electrons. The van der Waals surface area contributed by atoms with Crippen molar-refractivity contribution in [1.29, 1.82) is 0 Å². The van der Waals surface area contributed by atoms with Gasteiger partial charge in [0.05, 0.1) is 58.8 Å². The number of aromatic hydroxyl groups is 1. The number of fused-ring (bicyclic) bond motifs is 2. The molecule has 0 saturated carbocycles. The van der Waals surface area contributed by atoms with Crippen molar-refractivity contribution in [2.75, 3.05) is 30.0 Å². The van der Waals surface area contributed by atoms with Crippen LogP contribution in [0.2, 0.25) is 0 Å². The molecule has 8 aromatic rings. The van der Waals surface area contributed by atoms with E-state index in [1.54, 1.807) is 30.3 Å². The molecule has 0 aliphatic carbocycles. The number of unbranched alkanes of at least 4 members (excludes halogenated alkanes) is 1. The summed E-state index contributed by atoms with van der Waals surface area (Å²) in [4.78, 5) is 0. The zero-order valence-electron chi connectivity index (χ0n) is 42.3. The molecule has 0 unspecified atom stereocenters. The molecule has 0 bridgehead atoms. The summed E-state index contributed by atoms with van der Waals surface area (Å²) in [6.45, 7) is 9.62. The van der Waals surface area contributed by atoms with Gasteiger partial charge >= 0.3 is 0 Å². The summed E-state index contributed by atoms with van der Waals surface area (Å²) in [6.07, 6.45) is 0.692. The first-order chi connectivity index (χ1) is 36.4. The Morgan fingerprint density at radius 3 is 1.55 bits per heavy atom. The molecule has 8 aromatic carbocycles. The van der Waals surface area contributed by atoms with Crippen LogP contribution >= 0.6 is 0 Å². The highest BCUT2D eigenvalue weighted by atomic mass is 32.2. The smallest absolute Gasteiger partial charge is 0.264 e. The fourth-order valence-electron chi connectivity index (χ4n) is 7.96. The zero-order valence-corrected chi connectivity index (χ0v) is 44.0. The average Bonchev–Trinajstić information content (AvgIpc) is 3.40. The predicted octanol–water partition coefficient (Wildman–Crippen LogP) is 16.3. The van der Waals surface area contributed by atoms with Crippen LogP contribution in [-0.2, 0) is 20.2 Å². The van der Waals surface area contributed by atoms with Crippen LogP contribution < -0.4 is 14.8 Å². The topological polar surface area (TPSA) is 258 Å². The standard InChI is InChI=1S/C56H55N9O9S2/c1-35-28-49(36(2)27-48(35)61-59-47-22-18-41-32-43(20-21-45(41)56(47)66)57-42-14-7-6-8-15-42)62-63-50-29-38(4)51(30-37(50)3)64-65-53-31-39(5)52(34-55(53)74-24-12-26-76(70,71)72)60-58-44-19-17-40-13-11-16-54(46(40)33-44)73-23-9-10-25-75(67,68)69/h6-8,11,13-22,27-34,57,66H,9-10,12,23-26H2,1-5H3,(H,67,68,69)(H,70,71,72). The number of azo groups is 4. The van der Waals surface area contributed by atoms with Gasteiger partial charge in [0.25, 0.3) is 20.2 Å². The molecule has 0 amide bonds. The number of para-hydroxylation sites is 1. The number of ether oxygens (including phenoxy) is 2. The third-order valence-corrected chi connectivity index (χ3v) is 13.7. The molecule has 8 rings (SSSR count). The van der Waals surface area contributed by atoms with E-state index in [4.69, 9.17) is 14.0 Å². The number of hydrogen-bond acceptors (Lipinski definition) is 16. The van der Waals surface area contributed by atoms with Crippen LogP contribution in [0, 0.1) is 34.6 Å². The molecular weight excluding hydrogens is 1010 g/mol. The van der Waals surface area contributed by atoms with E-state index in [1.807, 2.05) is 138 Å². The van der Waals surface area contributed by atoms with E-state index in [0.29, 0.717) is 68.6 Å². The number of nitrogens with one attached hydrogen (secondary N) is 1. The molecule has 0 atom stereocenters. The summed E-state index contributed by atoms with van der Waals surface area (Å²) >= 11 is 0. The minimum Gasteiger partial charge on any atom is -0.505 e. The monoisotopic (exact) mass is 1060 g/mol. The number of rotatable bonds is 21. The van der Waals surface area contributed by atoms with Crippen LogP contribution in [0.25, 0.3) is 21.5 Å². The van der Waals surface area contributed by atoms with E-state index >= 15 is 0 Å². The van der Waals surface area contributed by atoms with Crippen molar-refractivity contribution >= 4 is 98.7 Å². The van der Waals surface area contributed by atoms with Crippen molar-refractivity contribution in [3.63, 3.8) is 0 Å². The molecule has 0 spiro atoms. The van der Waals surface area contributed by atoms with Crippen molar-refractivity contribution in [3.05, 3.63) is 161 Å². The van der Waals surface area contributed by atoms with E-state index in [9.17, 15) is 26.5 Å². The van der Waals surface area contributed by atoms with Crippen molar-refractivity contribution in [3.8, 4) is 17.2 Å². The number of benzene rings is 8. The Labute approximate surface area is 440 Å². The van der Waals surface area contributed by atoms with Crippen molar-refractivity contribution < 1.29 is 40.5 Å². The normalized spacial score (nSPS) is 12.3. The molecule has 0 radical (unpaired) electrons. The van der Waals surface area contributed by atoms with Crippen LogP contribution in [0.5, 0.6) is 17.2 Å². The third kappa shape index (κ3) is 14.5. The number of phenolic OH excluding ortho intramolecular Hbond substituents is 1. The molecule has 0 fully saturated rings. The molecule has 0 saturated heterocycles. The lowest BCUT2D eigenvalue weighted by molar-refractivity contribution is 0.312. The molecule has 0 aromatic heterocycles. The van der Waals surface area contributed by atoms with Crippen LogP contribution in [0.4, 0.5) is 56.9 Å². The van der Waals surface area contributed by atoms with Gasteiger partial charge in [-0.25, -0.2) is 0 Å². The lowest BCUT2D eigenvalue weighted by Gasteiger charge is -2.11. The minimum atomic E-state index is -4.21. The molecule has 0 aliphatic rings. The largest absolute Gasteiger partial charge is 0.505 e. The summed E-state index contributed by atoms with van der Waals surface area (Å²) in [7, 11) is -8.25. The van der Waals surface area contributed by atoms with Gasteiger partial charge in [0, 0.05) is 28.2 Å². The van der Waals surface area contributed by atoms with Crippen molar-refractivity contribution in [2.24, 2.45) is 40.9 Å². The van der Waals surface area contributed by atoms with Crippen LogP contribution in [0.15, 0.2) is 174 Å². The summed E-state index contributed by atoms with van der Waals surface area (Å²) in [5.74, 6) is 0.0516. The predicted molar refractivity (Wildman–Crippen MR) is 297 cm³/mol. The molecule has 0 aliphatic heterocycles. The number of anilines is 2. The maximum atomic E-state index is 11.5. The lowest BCUT2D eigenvalue weighted by Crippen LogP contribution is -2.08. The minimum absolute atomic E-state index is 0.0120. The molecule has 18 nitrogen and oxygen atoms in total. The van der Waals surface area contributed by atoms with E-state index in [0.717, 1.165) is 49.8 Å². The molecular formula is C56H55N9O9S2. The van der Waals surface area contributed by atoms with Crippen LogP contribution in [0.1, 0.15) is 47.1 Å². The Balaban J connectivity index is 0.965. The van der Waals surface area contributed by atoms with Gasteiger partial charge in [0.15, 0.2) is 5.75 Å². The van der Waals surface area contributed by atoms with Gasteiger partial charge in [0.1, 0.15) is 22.9 Å². The first-order valence-electron chi connectivity index (χ1n) is 24.2. The van der Waals surface area contributed by atoms with Gasteiger partial charge < -0.3 is 19.9 Å². The highest BCUT2D eigenvalue weighted by Crippen LogP contribution is 2.41. The number of nitrogens with zero attached hydrogens (tertiary/aromatic N) is 8. The van der Waals surface area contributed by atoms with Gasteiger partial charge in [-0.2, -0.15) is 47.5 Å². The Kier molecular flexibility index (Phi) is 17.0. The second-order valence-corrected chi connectivity index (χ2v) is 21.3. The molecule has 20 heteroatoms. The summed E-state index contributed by atoms with van der Waals surface area (Å²) in [5, 5.41) is 53.9. The fourth-order valence-corrected chi connectivity index (χ4v) is 9.01. The molecule has 76 heavy (non-hydrogen) atoms. The second-order valence-electron chi connectivity index (χ2n) is 18.1. The first-order valence-corrected chi connectivity index (χ1v) is 27.4. The number of hydrogen-bond donors (Lipinski definition) is 4. The summed E-state index contributed by atoms with van der Waals surface area (Å²) in [5.41, 5.74) is 9.89. The summed E-state index contributed by atoms with van der Waals surface area (Å²) < 4.78 is 75.4. The van der Waals surface area contributed by atoms with Crippen molar-refractivity contribution in [2.45, 2.75) is 53.9 Å². The average molecular weight is 1060 g/mol. The van der Waals surface area contributed by atoms with E-state index in [2.05, 4.69) is 46.2 Å². The summed E-state index contributed by atoms with van der Waals surface area (Å²) in [6, 6.07) is 41.2. The van der Waals surface area contributed by atoms with E-state index in [1.165, 1.54) is 0 Å². The Bertz CT molecular complexity index is 3810. The third-order valence-electron chi connectivity index (χ3n) is 12.1. The zero-order chi connectivity index (χ0) is 54.0. The Morgan fingerprint density at radius 1 is 0.421 bits per heavy atom. The maximum absolute atomic E-state index is 11.5. The number of aryl methyl sites for hydroxylation is 5. The Morgan fingerprint density at radius 2 is 0.934 bits per heavy atom. The van der Waals surface area contributed by atoms with Gasteiger partial charge in [-0.1, -0.05) is 42.5 Å². The molecule has 0 heterocycles. The number of phenols is 1. The highest BCUT2D eigenvalue weighted by molar-refractivity contribution is 7.86. The molecule has 4 N–H and O–H groups in total. The fraction of sp³-hybridized carbons (Fsp3) is 0.214. The van der Waals surface area contributed by atoms with Gasteiger partial charge in [0.2, 0.25) is 0 Å². The van der Waals surface area contributed by atoms with Gasteiger partial charge in [-0.3, -0.25) is 9.11 Å². The van der Waals surface area contributed by atoms with Crippen LogP contribution in [0.3, 0.4) is 0 Å². The van der Waals surface area contributed by atoms with Crippen molar-refractivity contribution in [1.82, 2.24) is 0 Å². The lowest BCUT2D eigenvalue weighted by atomic mass is 10.1. The van der Waals surface area contributed by atoms with Gasteiger partial charge in [-0.05, 0) is 177 Å². The van der Waals surface area contributed by atoms with Crippen LogP contribution in [-0.4, -0.2) is 55.8 Å². The van der Waals surface area contributed by atoms with E-state index in [-0.39, 0.29) is 43.3 Å². The SMILES string of the molecule is Cc1cc(N=Nc2cc(C)c(N=Nc3cc(C)c(N=Nc4ccc5cc(Nc6ccccc6)ccc5c4O)cc3C)cc2C)c(OCCCS(=O)(=O)O)cc1N=Nc1ccc2cccc(OCCCCS(=O)(=O)O)c2c1. The quantitative estimate of drug-likeness (QED) is 0.0300. The second kappa shape index (κ2) is 23.9. The maximum Gasteiger partial charge on any atom is 0.264 e.